The van der Waals surface area contributed by atoms with Gasteiger partial charge in [-0.25, -0.2) is 0 Å². The predicted octanol–water partition coefficient (Wildman–Crippen LogP) is 4.36. The average Bonchev–Trinajstić information content (AvgIpc) is 2.27. The first kappa shape index (κ1) is 14.5. The second kappa shape index (κ2) is 5.87. The van der Waals surface area contributed by atoms with E-state index in [1.54, 1.807) is 0 Å². The number of hydrogen-bond donors (Lipinski definition) is 0. The molecule has 1 fully saturated rings. The van der Waals surface area contributed by atoms with Crippen LogP contribution in [-0.2, 0) is 4.79 Å². The Labute approximate surface area is 101 Å². The van der Waals surface area contributed by atoms with Gasteiger partial charge in [0.2, 0.25) is 0 Å². The summed E-state index contributed by atoms with van der Waals surface area (Å²) in [5, 5.41) is 0. The third kappa shape index (κ3) is 4.00. The number of ketones is 1. The molecule has 1 aliphatic rings. The summed E-state index contributed by atoms with van der Waals surface area (Å²) in [6, 6.07) is 0. The van der Waals surface area contributed by atoms with Crippen molar-refractivity contribution >= 4 is 5.78 Å². The van der Waals surface area contributed by atoms with Crippen molar-refractivity contribution in [2.24, 2.45) is 17.8 Å². The molecule has 0 heterocycles. The monoisotopic (exact) mass is 250 g/mol. The molecule has 1 rings (SSSR count). The summed E-state index contributed by atoms with van der Waals surface area (Å²) >= 11 is 0. The minimum Gasteiger partial charge on any atom is -0.299 e. The molecule has 0 aliphatic heterocycles. The maximum atomic E-state index is 12.8. The quantitative estimate of drug-likeness (QED) is 0.724. The van der Waals surface area contributed by atoms with Gasteiger partial charge in [-0.1, -0.05) is 33.1 Å². The van der Waals surface area contributed by atoms with Gasteiger partial charge in [-0.3, -0.25) is 4.79 Å². The Balaban J connectivity index is 2.68. The van der Waals surface area contributed by atoms with Crippen molar-refractivity contribution in [2.45, 2.75) is 58.5 Å². The van der Waals surface area contributed by atoms with Gasteiger partial charge in [0.1, 0.15) is 5.78 Å². The molecule has 100 valence electrons. The van der Waals surface area contributed by atoms with Crippen LogP contribution in [0.15, 0.2) is 0 Å². The molecule has 4 heteroatoms. The zero-order chi connectivity index (χ0) is 13.1. The molecule has 0 saturated heterocycles. The van der Waals surface area contributed by atoms with Crippen LogP contribution < -0.4 is 0 Å². The molecule has 0 N–H and O–H groups in total. The molecule has 3 unspecified atom stereocenters. The van der Waals surface area contributed by atoms with E-state index in [9.17, 15) is 18.0 Å². The molecule has 0 radical (unpaired) electrons. The summed E-state index contributed by atoms with van der Waals surface area (Å²) in [7, 11) is 0. The largest absolute Gasteiger partial charge is 0.392 e. The van der Waals surface area contributed by atoms with Crippen molar-refractivity contribution in [2.75, 3.05) is 0 Å². The first-order valence-electron chi connectivity index (χ1n) is 6.45. The maximum absolute atomic E-state index is 12.8. The molecule has 0 aromatic carbocycles. The van der Waals surface area contributed by atoms with Crippen molar-refractivity contribution < 1.29 is 18.0 Å². The molecule has 3 atom stereocenters. The lowest BCUT2D eigenvalue weighted by Crippen LogP contribution is -2.37. The van der Waals surface area contributed by atoms with E-state index in [1.165, 1.54) is 0 Å². The van der Waals surface area contributed by atoms with Gasteiger partial charge in [-0.2, -0.15) is 13.2 Å². The molecule has 1 saturated carbocycles. The van der Waals surface area contributed by atoms with Crippen molar-refractivity contribution in [3.63, 3.8) is 0 Å². The summed E-state index contributed by atoms with van der Waals surface area (Å²) < 4.78 is 38.5. The molecule has 0 spiro atoms. The molecule has 17 heavy (non-hydrogen) atoms. The molecular formula is C13H21F3O. The SMILES string of the molecule is CCC(C)CC(=O)C1CCCCC1C(F)(F)F. The zero-order valence-electron chi connectivity index (χ0n) is 10.5. The molecule has 1 nitrogen and oxygen atoms in total. The standard InChI is InChI=1S/C13H21F3O/c1-3-9(2)8-12(17)10-6-4-5-7-11(10)13(14,15)16/h9-11H,3-8H2,1-2H3. The lowest BCUT2D eigenvalue weighted by Gasteiger charge is -2.32. The maximum Gasteiger partial charge on any atom is 0.392 e. The highest BCUT2D eigenvalue weighted by atomic mass is 19.4. The Kier molecular flexibility index (Phi) is 5.02. The fourth-order valence-corrected chi connectivity index (χ4v) is 2.55. The summed E-state index contributed by atoms with van der Waals surface area (Å²) in [5.74, 6) is -2.16. The normalized spacial score (nSPS) is 27.8. The minimum absolute atomic E-state index is 0.125. The molecule has 1 aliphatic carbocycles. The van der Waals surface area contributed by atoms with Crippen LogP contribution >= 0.6 is 0 Å². The van der Waals surface area contributed by atoms with Crippen LogP contribution in [0.1, 0.15) is 52.4 Å². The van der Waals surface area contributed by atoms with Gasteiger partial charge < -0.3 is 0 Å². The lowest BCUT2D eigenvalue weighted by atomic mass is 9.75. The van der Waals surface area contributed by atoms with Crippen molar-refractivity contribution in [3.05, 3.63) is 0 Å². The Morgan fingerprint density at radius 2 is 1.88 bits per heavy atom. The first-order valence-corrected chi connectivity index (χ1v) is 6.45. The van der Waals surface area contributed by atoms with Gasteiger partial charge in [0.25, 0.3) is 0 Å². The summed E-state index contributed by atoms with van der Waals surface area (Å²) in [6.45, 7) is 3.88. The van der Waals surface area contributed by atoms with E-state index in [0.717, 1.165) is 12.8 Å². The van der Waals surface area contributed by atoms with E-state index in [1.807, 2.05) is 13.8 Å². The number of hydrogen-bond acceptors (Lipinski definition) is 1. The second-order valence-corrected chi connectivity index (χ2v) is 5.22. The first-order chi connectivity index (χ1) is 7.86. The molecule has 0 aromatic rings. The highest BCUT2D eigenvalue weighted by Gasteiger charge is 2.47. The van der Waals surface area contributed by atoms with E-state index in [0.29, 0.717) is 19.3 Å². The summed E-state index contributed by atoms with van der Waals surface area (Å²) in [5.41, 5.74) is 0. The van der Waals surface area contributed by atoms with E-state index in [4.69, 9.17) is 0 Å². The van der Waals surface area contributed by atoms with Gasteiger partial charge in [0.05, 0.1) is 5.92 Å². The smallest absolute Gasteiger partial charge is 0.299 e. The third-order valence-electron chi connectivity index (χ3n) is 3.85. The highest BCUT2D eigenvalue weighted by molar-refractivity contribution is 5.81. The Hall–Kier alpha value is -0.540. The van der Waals surface area contributed by atoms with Gasteiger partial charge in [0, 0.05) is 12.3 Å². The molecule has 0 bridgehead atoms. The third-order valence-corrected chi connectivity index (χ3v) is 3.85. The zero-order valence-corrected chi connectivity index (χ0v) is 10.5. The van der Waals surface area contributed by atoms with Crippen LogP contribution in [0.2, 0.25) is 0 Å². The molecule has 0 aromatic heterocycles. The van der Waals surface area contributed by atoms with E-state index in [-0.39, 0.29) is 18.1 Å². The average molecular weight is 250 g/mol. The van der Waals surface area contributed by atoms with Crippen LogP contribution in [0.5, 0.6) is 0 Å². The fourth-order valence-electron chi connectivity index (χ4n) is 2.55. The Morgan fingerprint density at radius 3 is 2.41 bits per heavy atom. The van der Waals surface area contributed by atoms with E-state index >= 15 is 0 Å². The number of Topliss-reactive ketones (excluding diaryl/α,β-unsaturated/α-hetero) is 1. The minimum atomic E-state index is -4.21. The van der Waals surface area contributed by atoms with Crippen molar-refractivity contribution in [3.8, 4) is 0 Å². The van der Waals surface area contributed by atoms with Crippen LogP contribution in [0.4, 0.5) is 13.2 Å². The number of carbonyl (C=O) groups is 1. The van der Waals surface area contributed by atoms with Gasteiger partial charge in [-0.15, -0.1) is 0 Å². The number of alkyl halides is 3. The second-order valence-electron chi connectivity index (χ2n) is 5.22. The van der Waals surface area contributed by atoms with E-state index < -0.39 is 18.0 Å². The van der Waals surface area contributed by atoms with Gasteiger partial charge in [0.15, 0.2) is 0 Å². The molecule has 0 amide bonds. The summed E-state index contributed by atoms with van der Waals surface area (Å²) in [6.07, 6.45) is -1.18. The van der Waals surface area contributed by atoms with Gasteiger partial charge in [-0.05, 0) is 18.8 Å². The summed E-state index contributed by atoms with van der Waals surface area (Å²) in [4.78, 5) is 11.9. The predicted molar refractivity (Wildman–Crippen MR) is 60.6 cm³/mol. The van der Waals surface area contributed by atoms with Crippen LogP contribution in [0.25, 0.3) is 0 Å². The Bertz CT molecular complexity index is 260. The van der Waals surface area contributed by atoms with Crippen LogP contribution in [-0.4, -0.2) is 12.0 Å². The number of carbonyl (C=O) groups excluding carboxylic acids is 1. The van der Waals surface area contributed by atoms with Gasteiger partial charge >= 0.3 is 6.18 Å². The number of rotatable bonds is 4. The number of halogens is 3. The van der Waals surface area contributed by atoms with Crippen LogP contribution in [0.3, 0.4) is 0 Å². The van der Waals surface area contributed by atoms with E-state index in [2.05, 4.69) is 0 Å². The van der Waals surface area contributed by atoms with Crippen LogP contribution in [0, 0.1) is 17.8 Å². The lowest BCUT2D eigenvalue weighted by molar-refractivity contribution is -0.197. The molecular weight excluding hydrogens is 229 g/mol. The highest BCUT2D eigenvalue weighted by Crippen LogP contribution is 2.42. The Morgan fingerprint density at radius 1 is 1.29 bits per heavy atom. The van der Waals surface area contributed by atoms with Crippen molar-refractivity contribution in [1.29, 1.82) is 0 Å². The fraction of sp³-hybridized carbons (Fsp3) is 0.923. The van der Waals surface area contributed by atoms with Crippen molar-refractivity contribution in [1.82, 2.24) is 0 Å². The topological polar surface area (TPSA) is 17.1 Å².